The van der Waals surface area contributed by atoms with Gasteiger partial charge in [-0.1, -0.05) is 17.7 Å². The Morgan fingerprint density at radius 2 is 1.78 bits per heavy atom. The van der Waals surface area contributed by atoms with E-state index in [9.17, 15) is 13.2 Å². The van der Waals surface area contributed by atoms with Crippen molar-refractivity contribution < 1.29 is 17.9 Å². The number of halogens is 4. The summed E-state index contributed by atoms with van der Waals surface area (Å²) >= 11 is 5.77. The summed E-state index contributed by atoms with van der Waals surface area (Å²) < 4.78 is 43.3. The van der Waals surface area contributed by atoms with E-state index in [4.69, 9.17) is 16.3 Å². The molecular formula is C18H16ClF3N4O. The molecule has 2 heterocycles. The minimum atomic E-state index is -4.20. The summed E-state index contributed by atoms with van der Waals surface area (Å²) in [6.07, 6.45) is -2.21. The van der Waals surface area contributed by atoms with Crippen molar-refractivity contribution in [3.05, 3.63) is 46.6 Å². The molecule has 0 saturated carbocycles. The van der Waals surface area contributed by atoms with Crippen molar-refractivity contribution in [1.29, 1.82) is 0 Å². The van der Waals surface area contributed by atoms with E-state index >= 15 is 0 Å². The zero-order valence-electron chi connectivity index (χ0n) is 14.6. The maximum absolute atomic E-state index is 12.5. The van der Waals surface area contributed by atoms with Gasteiger partial charge in [-0.15, -0.1) is 0 Å². The number of aromatic nitrogens is 4. The predicted molar refractivity (Wildman–Crippen MR) is 95.1 cm³/mol. The van der Waals surface area contributed by atoms with Gasteiger partial charge in [0.1, 0.15) is 11.6 Å². The van der Waals surface area contributed by atoms with E-state index in [1.165, 1.54) is 12.4 Å². The number of alkyl halides is 3. The Hall–Kier alpha value is -2.48. The lowest BCUT2D eigenvalue weighted by Gasteiger charge is -2.13. The highest BCUT2D eigenvalue weighted by Crippen LogP contribution is 2.33. The maximum Gasteiger partial charge on any atom is 0.389 e. The van der Waals surface area contributed by atoms with Gasteiger partial charge in [0.15, 0.2) is 0 Å². The van der Waals surface area contributed by atoms with E-state index in [1.807, 2.05) is 13.0 Å². The number of rotatable bonds is 5. The Labute approximate surface area is 158 Å². The van der Waals surface area contributed by atoms with Crippen molar-refractivity contribution in [2.24, 2.45) is 0 Å². The Kier molecular flexibility index (Phi) is 5.46. The van der Waals surface area contributed by atoms with Crippen molar-refractivity contribution in [2.75, 3.05) is 0 Å². The molecule has 142 valence electrons. The van der Waals surface area contributed by atoms with Crippen LogP contribution in [0.5, 0.6) is 11.8 Å². The zero-order chi connectivity index (χ0) is 19.6. The fraction of sp³-hybridized carbons (Fsp3) is 0.333. The van der Waals surface area contributed by atoms with Crippen LogP contribution in [0.3, 0.4) is 0 Å². The van der Waals surface area contributed by atoms with Gasteiger partial charge in [0.2, 0.25) is 0 Å². The smallest absolute Gasteiger partial charge is 0.389 e. The normalized spacial score (nSPS) is 11.8. The average Bonchev–Trinajstić information content (AvgIpc) is 2.58. The van der Waals surface area contributed by atoms with E-state index in [0.717, 1.165) is 5.56 Å². The highest BCUT2D eigenvalue weighted by atomic mass is 35.5. The molecule has 0 atom stereocenters. The number of benzene rings is 1. The van der Waals surface area contributed by atoms with Gasteiger partial charge in [0.05, 0.1) is 34.0 Å². The predicted octanol–water partition coefficient (Wildman–Crippen LogP) is 5.37. The first-order chi connectivity index (χ1) is 12.7. The van der Waals surface area contributed by atoms with Crippen LogP contribution in [0.4, 0.5) is 13.2 Å². The highest BCUT2D eigenvalue weighted by molar-refractivity contribution is 6.30. The molecule has 0 amide bonds. The number of nitrogens with zero attached hydrogens (tertiary/aromatic N) is 4. The number of ether oxygens (including phenoxy) is 1. The first kappa shape index (κ1) is 19.3. The molecule has 0 N–H and O–H groups in total. The van der Waals surface area contributed by atoms with Crippen molar-refractivity contribution in [1.82, 2.24) is 19.9 Å². The molecule has 0 fully saturated rings. The van der Waals surface area contributed by atoms with Crippen LogP contribution in [0.2, 0.25) is 5.02 Å². The Bertz CT molecular complexity index is 961. The molecule has 0 aliphatic heterocycles. The molecular weight excluding hydrogens is 381 g/mol. The quantitative estimate of drug-likeness (QED) is 0.580. The summed E-state index contributed by atoms with van der Waals surface area (Å²) in [4.78, 5) is 16.8. The van der Waals surface area contributed by atoms with E-state index in [1.54, 1.807) is 13.0 Å². The van der Waals surface area contributed by atoms with Gasteiger partial charge in [-0.05, 0) is 38.3 Å². The summed E-state index contributed by atoms with van der Waals surface area (Å²) in [6, 6.07) is 3.60. The minimum Gasteiger partial charge on any atom is -0.424 e. The second-order valence-corrected chi connectivity index (χ2v) is 6.51. The molecule has 0 spiro atoms. The third-order valence-corrected chi connectivity index (χ3v) is 4.07. The molecule has 3 aromatic rings. The molecule has 0 unspecified atom stereocenters. The molecule has 0 radical (unpaired) electrons. The van der Waals surface area contributed by atoms with Gasteiger partial charge in [0.25, 0.3) is 0 Å². The first-order valence-electron chi connectivity index (χ1n) is 8.22. The van der Waals surface area contributed by atoms with Gasteiger partial charge >= 0.3 is 12.2 Å². The van der Waals surface area contributed by atoms with Crippen molar-refractivity contribution in [3.63, 3.8) is 0 Å². The standard InChI is InChI=1S/C18H16ClF3N4O/c1-10-5-6-14(27-17-23-8-12(19)9-24-17)15-13(4-3-7-18(20,21)22)25-11(2)26-16(10)15/h5-6,8-9H,3-4,7H2,1-2H3. The molecule has 0 bridgehead atoms. The van der Waals surface area contributed by atoms with Crippen LogP contribution in [-0.2, 0) is 6.42 Å². The molecule has 0 aliphatic rings. The summed E-state index contributed by atoms with van der Waals surface area (Å²) in [6.45, 7) is 3.58. The lowest BCUT2D eigenvalue weighted by molar-refractivity contribution is -0.135. The summed E-state index contributed by atoms with van der Waals surface area (Å²) in [5.74, 6) is 0.882. The first-order valence-corrected chi connectivity index (χ1v) is 8.60. The molecule has 9 heteroatoms. The summed E-state index contributed by atoms with van der Waals surface area (Å²) in [5, 5.41) is 0.934. The van der Waals surface area contributed by atoms with E-state index in [0.29, 0.717) is 33.2 Å². The van der Waals surface area contributed by atoms with Gasteiger partial charge in [-0.3, -0.25) is 0 Å². The fourth-order valence-corrected chi connectivity index (χ4v) is 2.81. The third kappa shape index (κ3) is 4.82. The van der Waals surface area contributed by atoms with Crippen molar-refractivity contribution in [3.8, 4) is 11.8 Å². The lowest BCUT2D eigenvalue weighted by Crippen LogP contribution is -2.08. The molecule has 5 nitrogen and oxygen atoms in total. The van der Waals surface area contributed by atoms with Crippen LogP contribution in [0, 0.1) is 13.8 Å². The third-order valence-electron chi connectivity index (χ3n) is 3.87. The Balaban J connectivity index is 2.02. The molecule has 27 heavy (non-hydrogen) atoms. The second kappa shape index (κ2) is 7.64. The molecule has 0 saturated heterocycles. The van der Waals surface area contributed by atoms with Gasteiger partial charge in [-0.2, -0.15) is 13.2 Å². The van der Waals surface area contributed by atoms with Crippen LogP contribution in [0.1, 0.15) is 29.9 Å². The average molecular weight is 397 g/mol. The Morgan fingerprint density at radius 1 is 1.07 bits per heavy atom. The number of aryl methyl sites for hydroxylation is 3. The highest BCUT2D eigenvalue weighted by Gasteiger charge is 2.26. The topological polar surface area (TPSA) is 60.8 Å². The lowest BCUT2D eigenvalue weighted by atomic mass is 10.0. The largest absolute Gasteiger partial charge is 0.424 e. The van der Waals surface area contributed by atoms with Gasteiger partial charge in [-0.25, -0.2) is 19.9 Å². The van der Waals surface area contributed by atoms with Crippen LogP contribution in [0.25, 0.3) is 10.9 Å². The van der Waals surface area contributed by atoms with Gasteiger partial charge < -0.3 is 4.74 Å². The minimum absolute atomic E-state index is 0.0696. The summed E-state index contributed by atoms with van der Waals surface area (Å²) in [7, 11) is 0. The van der Waals surface area contributed by atoms with Crippen molar-refractivity contribution in [2.45, 2.75) is 39.3 Å². The van der Waals surface area contributed by atoms with E-state index in [-0.39, 0.29) is 18.9 Å². The fourth-order valence-electron chi connectivity index (χ4n) is 2.71. The monoisotopic (exact) mass is 396 g/mol. The SMILES string of the molecule is Cc1nc(CCCC(F)(F)F)c2c(Oc3ncc(Cl)cn3)ccc(C)c2n1. The number of hydrogen-bond acceptors (Lipinski definition) is 5. The molecule has 1 aromatic carbocycles. The second-order valence-electron chi connectivity index (χ2n) is 6.08. The number of hydrogen-bond donors (Lipinski definition) is 0. The maximum atomic E-state index is 12.5. The zero-order valence-corrected chi connectivity index (χ0v) is 15.4. The van der Waals surface area contributed by atoms with E-state index in [2.05, 4.69) is 19.9 Å². The van der Waals surface area contributed by atoms with Crippen LogP contribution in [-0.4, -0.2) is 26.1 Å². The van der Waals surface area contributed by atoms with Crippen molar-refractivity contribution >= 4 is 22.5 Å². The Morgan fingerprint density at radius 3 is 2.44 bits per heavy atom. The van der Waals surface area contributed by atoms with Crippen LogP contribution >= 0.6 is 11.6 Å². The van der Waals surface area contributed by atoms with E-state index < -0.39 is 12.6 Å². The van der Waals surface area contributed by atoms with Crippen LogP contribution < -0.4 is 4.74 Å². The molecule has 0 aliphatic carbocycles. The summed E-state index contributed by atoms with van der Waals surface area (Å²) in [5.41, 5.74) is 2.02. The molecule has 3 rings (SSSR count). The number of fused-ring (bicyclic) bond motifs is 1. The molecule has 2 aromatic heterocycles. The van der Waals surface area contributed by atoms with Crippen LogP contribution in [0.15, 0.2) is 24.5 Å². The van der Waals surface area contributed by atoms with Gasteiger partial charge in [0, 0.05) is 6.42 Å².